The Morgan fingerprint density at radius 2 is 1.29 bits per heavy atom. The van der Waals surface area contributed by atoms with E-state index in [0.717, 1.165) is 32.6 Å². The molecule has 0 aromatic heterocycles. The van der Waals surface area contributed by atoms with Crippen molar-refractivity contribution >= 4 is 35.7 Å². The van der Waals surface area contributed by atoms with Crippen LogP contribution in [0.1, 0.15) is 47.0 Å². The highest BCUT2D eigenvalue weighted by molar-refractivity contribution is 5.97. The number of esters is 4. The quantitative estimate of drug-likeness (QED) is 0.300. The van der Waals surface area contributed by atoms with Crippen LogP contribution in [0.4, 0.5) is 0 Å². The second-order valence-corrected chi connectivity index (χ2v) is 7.10. The van der Waals surface area contributed by atoms with E-state index in [0.29, 0.717) is 6.42 Å². The van der Waals surface area contributed by atoms with Crippen molar-refractivity contribution in [3.8, 4) is 0 Å². The maximum atomic E-state index is 12.5. The van der Waals surface area contributed by atoms with Gasteiger partial charge in [-0.2, -0.15) is 0 Å². The highest BCUT2D eigenvalue weighted by atomic mass is 16.7. The van der Waals surface area contributed by atoms with Crippen LogP contribution in [0.2, 0.25) is 0 Å². The molecule has 0 saturated carbocycles. The summed E-state index contributed by atoms with van der Waals surface area (Å²) in [6.07, 6.45) is -6.53. The summed E-state index contributed by atoms with van der Waals surface area (Å²) in [5, 5.41) is 0. The van der Waals surface area contributed by atoms with E-state index >= 15 is 0 Å². The predicted molar refractivity (Wildman–Crippen MR) is 97.7 cm³/mol. The molecular formula is C19H25NO11. The molecule has 12 heteroatoms. The van der Waals surface area contributed by atoms with E-state index < -0.39 is 72.9 Å². The van der Waals surface area contributed by atoms with Gasteiger partial charge in [0, 0.05) is 40.5 Å². The molecule has 0 spiro atoms. The van der Waals surface area contributed by atoms with Gasteiger partial charge < -0.3 is 23.7 Å². The highest BCUT2D eigenvalue weighted by Gasteiger charge is 2.55. The molecular weight excluding hydrogens is 418 g/mol. The number of piperidine rings is 1. The maximum Gasteiger partial charge on any atom is 0.303 e. The Balaban J connectivity index is 2.52. The Morgan fingerprint density at radius 3 is 1.77 bits per heavy atom. The fourth-order valence-corrected chi connectivity index (χ4v) is 3.47. The number of carbonyl (C=O) groups excluding carboxylic acids is 6. The molecule has 2 fully saturated rings. The zero-order valence-electron chi connectivity index (χ0n) is 17.7. The zero-order valence-corrected chi connectivity index (χ0v) is 17.7. The van der Waals surface area contributed by atoms with Crippen LogP contribution in [0.5, 0.6) is 0 Å². The van der Waals surface area contributed by atoms with Gasteiger partial charge in [-0.05, 0) is 6.42 Å². The van der Waals surface area contributed by atoms with Gasteiger partial charge in [0.1, 0.15) is 12.7 Å². The summed E-state index contributed by atoms with van der Waals surface area (Å²) in [4.78, 5) is 72.4. The first-order chi connectivity index (χ1) is 14.5. The lowest BCUT2D eigenvalue weighted by Crippen LogP contribution is -2.68. The smallest absolute Gasteiger partial charge is 0.303 e. The molecule has 0 aromatic rings. The summed E-state index contributed by atoms with van der Waals surface area (Å²) >= 11 is 0. The van der Waals surface area contributed by atoms with Gasteiger partial charge in [-0.15, -0.1) is 0 Å². The van der Waals surface area contributed by atoms with Crippen molar-refractivity contribution in [2.24, 2.45) is 0 Å². The van der Waals surface area contributed by atoms with Crippen molar-refractivity contribution in [1.29, 1.82) is 0 Å². The Hall–Kier alpha value is -3.02. The van der Waals surface area contributed by atoms with E-state index in [1.54, 1.807) is 0 Å². The van der Waals surface area contributed by atoms with Gasteiger partial charge in [0.2, 0.25) is 11.8 Å². The van der Waals surface area contributed by atoms with Gasteiger partial charge in [-0.3, -0.25) is 33.7 Å². The van der Waals surface area contributed by atoms with Crippen molar-refractivity contribution < 1.29 is 52.5 Å². The third kappa shape index (κ3) is 6.23. The molecule has 0 N–H and O–H groups in total. The van der Waals surface area contributed by atoms with Crippen LogP contribution in [0.25, 0.3) is 0 Å². The summed E-state index contributed by atoms with van der Waals surface area (Å²) in [5.74, 6) is -4.20. The minimum atomic E-state index is -1.49. The second kappa shape index (κ2) is 10.3. The monoisotopic (exact) mass is 443 g/mol. The summed E-state index contributed by atoms with van der Waals surface area (Å²) in [5.41, 5.74) is 0. The van der Waals surface area contributed by atoms with Gasteiger partial charge in [0.25, 0.3) is 0 Å². The van der Waals surface area contributed by atoms with Crippen LogP contribution in [0.15, 0.2) is 0 Å². The van der Waals surface area contributed by atoms with Crippen molar-refractivity contribution in [3.05, 3.63) is 0 Å². The molecule has 2 aliphatic rings. The molecule has 0 aliphatic carbocycles. The van der Waals surface area contributed by atoms with Crippen molar-refractivity contribution in [2.75, 3.05) is 6.61 Å². The van der Waals surface area contributed by atoms with Crippen LogP contribution < -0.4 is 0 Å². The molecule has 2 aliphatic heterocycles. The molecule has 2 saturated heterocycles. The fourth-order valence-electron chi connectivity index (χ4n) is 3.47. The molecule has 31 heavy (non-hydrogen) atoms. The Bertz CT molecular complexity index is 748. The summed E-state index contributed by atoms with van der Waals surface area (Å²) in [6, 6.07) is 0. The lowest BCUT2D eigenvalue weighted by Gasteiger charge is -2.47. The topological polar surface area (TPSA) is 152 Å². The van der Waals surface area contributed by atoms with E-state index in [2.05, 4.69) is 0 Å². The van der Waals surface area contributed by atoms with Gasteiger partial charge in [-0.25, -0.2) is 0 Å². The first kappa shape index (κ1) is 24.3. The molecule has 2 heterocycles. The number of nitrogens with zero attached hydrogens (tertiary/aromatic N) is 1. The van der Waals surface area contributed by atoms with Crippen molar-refractivity contribution in [1.82, 2.24) is 4.90 Å². The largest absolute Gasteiger partial charge is 0.463 e. The van der Waals surface area contributed by atoms with Crippen molar-refractivity contribution in [3.63, 3.8) is 0 Å². The first-order valence-corrected chi connectivity index (χ1v) is 9.66. The summed E-state index contributed by atoms with van der Waals surface area (Å²) in [6.45, 7) is 3.96. The van der Waals surface area contributed by atoms with Gasteiger partial charge in [-0.1, -0.05) is 0 Å². The molecule has 0 bridgehead atoms. The molecule has 0 aromatic carbocycles. The van der Waals surface area contributed by atoms with Crippen LogP contribution in [0, 0.1) is 0 Å². The fraction of sp³-hybridized carbons (Fsp3) is 0.684. The number of hydrogen-bond donors (Lipinski definition) is 0. The SMILES string of the molecule is CC(=O)OC[C@H]1O[C@@H](N2C(=O)CCCC2=O)[C@H](OC(C)=O)[C@@H](OC(C)=O)[C@@H]1OC(C)=O. The molecule has 2 amide bonds. The third-order valence-electron chi connectivity index (χ3n) is 4.54. The number of rotatable bonds is 6. The standard InChI is InChI=1S/C19H25NO11/c1-9(21)27-8-13-16(28-10(2)22)17(29-11(3)23)18(30-12(4)24)19(31-13)20-14(25)6-5-7-15(20)26/h13,16-19H,5-8H2,1-4H3/t13-,16-,17+,18-,19-/m1/s1. The first-order valence-electron chi connectivity index (χ1n) is 9.66. The zero-order chi connectivity index (χ0) is 23.3. The average Bonchev–Trinajstić information content (AvgIpc) is 2.63. The highest BCUT2D eigenvalue weighted by Crippen LogP contribution is 2.32. The van der Waals surface area contributed by atoms with E-state index in [1.807, 2.05) is 0 Å². The number of imide groups is 1. The molecule has 0 radical (unpaired) electrons. The van der Waals surface area contributed by atoms with Crippen LogP contribution >= 0.6 is 0 Å². The molecule has 172 valence electrons. The minimum Gasteiger partial charge on any atom is -0.463 e. The number of carbonyl (C=O) groups is 6. The third-order valence-corrected chi connectivity index (χ3v) is 4.54. The Kier molecular flexibility index (Phi) is 8.08. The average molecular weight is 443 g/mol. The number of likely N-dealkylation sites (tertiary alicyclic amines) is 1. The molecule has 5 atom stereocenters. The number of hydrogen-bond acceptors (Lipinski definition) is 11. The van der Waals surface area contributed by atoms with Gasteiger partial charge in [0.15, 0.2) is 24.5 Å². The van der Waals surface area contributed by atoms with Crippen molar-refractivity contribution in [2.45, 2.75) is 77.6 Å². The molecule has 0 unspecified atom stereocenters. The number of ether oxygens (including phenoxy) is 5. The maximum absolute atomic E-state index is 12.5. The van der Waals surface area contributed by atoms with Crippen LogP contribution in [-0.2, 0) is 52.5 Å². The van der Waals surface area contributed by atoms with E-state index in [-0.39, 0.29) is 12.8 Å². The van der Waals surface area contributed by atoms with Crippen LogP contribution in [0.3, 0.4) is 0 Å². The molecule has 12 nitrogen and oxygen atoms in total. The van der Waals surface area contributed by atoms with Gasteiger partial charge >= 0.3 is 23.9 Å². The summed E-state index contributed by atoms with van der Waals surface area (Å²) in [7, 11) is 0. The Labute approximate surface area is 178 Å². The number of amides is 2. The Morgan fingerprint density at radius 1 is 0.806 bits per heavy atom. The second-order valence-electron chi connectivity index (χ2n) is 7.10. The normalized spacial score (nSPS) is 28.5. The minimum absolute atomic E-state index is 0.0542. The predicted octanol–water partition coefficient (Wildman–Crippen LogP) is -0.391. The van der Waals surface area contributed by atoms with E-state index in [1.165, 1.54) is 0 Å². The van der Waals surface area contributed by atoms with E-state index in [9.17, 15) is 28.8 Å². The van der Waals surface area contributed by atoms with Gasteiger partial charge in [0.05, 0.1) is 0 Å². The summed E-state index contributed by atoms with van der Waals surface area (Å²) < 4.78 is 26.6. The van der Waals surface area contributed by atoms with E-state index in [4.69, 9.17) is 23.7 Å². The molecule has 2 rings (SSSR count). The lowest BCUT2D eigenvalue weighted by molar-refractivity contribution is -0.274. The lowest BCUT2D eigenvalue weighted by atomic mass is 9.95. The van der Waals surface area contributed by atoms with Crippen LogP contribution in [-0.4, -0.2) is 77.8 Å².